The monoisotopic (exact) mass is 376 g/mol. The minimum atomic E-state index is -0.101. The van der Waals surface area contributed by atoms with E-state index >= 15 is 0 Å². The molecule has 3 aromatic heterocycles. The number of nitrogens with one attached hydrogen (secondary N) is 1. The third-order valence-corrected chi connectivity index (χ3v) is 4.99. The van der Waals surface area contributed by atoms with E-state index in [-0.39, 0.29) is 11.6 Å². The summed E-state index contributed by atoms with van der Waals surface area (Å²) in [7, 11) is 0. The van der Waals surface area contributed by atoms with Crippen molar-refractivity contribution in [1.82, 2.24) is 29.4 Å². The minimum Gasteiger partial charge on any atom is -0.293 e. The number of hydrogen-bond donors (Lipinski definition) is 1. The van der Waals surface area contributed by atoms with Crippen molar-refractivity contribution in [2.75, 3.05) is 0 Å². The van der Waals surface area contributed by atoms with Gasteiger partial charge in [0.15, 0.2) is 5.65 Å². The van der Waals surface area contributed by atoms with Crippen molar-refractivity contribution >= 4 is 5.65 Å². The number of H-pyrrole nitrogens is 1. The summed E-state index contributed by atoms with van der Waals surface area (Å²) < 4.78 is 3.44. The van der Waals surface area contributed by atoms with Gasteiger partial charge in [-0.3, -0.25) is 9.89 Å². The molecule has 0 bridgehead atoms. The molecule has 0 radical (unpaired) electrons. The van der Waals surface area contributed by atoms with Crippen LogP contribution < -0.4 is 5.56 Å². The van der Waals surface area contributed by atoms with Gasteiger partial charge in [-0.05, 0) is 32.8 Å². The molecule has 1 atom stereocenters. The number of benzene rings is 1. The maximum atomic E-state index is 12.8. The van der Waals surface area contributed by atoms with Crippen LogP contribution in [0.2, 0.25) is 0 Å². The maximum Gasteiger partial charge on any atom is 0.272 e. The van der Waals surface area contributed by atoms with Crippen molar-refractivity contribution < 1.29 is 0 Å². The third-order valence-electron chi connectivity index (χ3n) is 4.99. The molecular formula is C21H24N6O. The van der Waals surface area contributed by atoms with Gasteiger partial charge >= 0.3 is 0 Å². The lowest BCUT2D eigenvalue weighted by Gasteiger charge is -2.13. The Morgan fingerprint density at radius 2 is 1.89 bits per heavy atom. The zero-order valence-electron chi connectivity index (χ0n) is 16.6. The molecule has 0 aliphatic carbocycles. The van der Waals surface area contributed by atoms with E-state index in [2.05, 4.69) is 29.0 Å². The van der Waals surface area contributed by atoms with Crippen molar-refractivity contribution in [3.63, 3.8) is 0 Å². The van der Waals surface area contributed by atoms with Gasteiger partial charge in [-0.15, -0.1) is 0 Å². The lowest BCUT2D eigenvalue weighted by molar-refractivity contribution is 0.469. The number of aromatic amines is 1. The first-order valence-electron chi connectivity index (χ1n) is 9.56. The highest BCUT2D eigenvalue weighted by Crippen LogP contribution is 2.27. The molecule has 7 nitrogen and oxygen atoms in total. The largest absolute Gasteiger partial charge is 0.293 e. The summed E-state index contributed by atoms with van der Waals surface area (Å²) in [5.74, 6) is 1.61. The van der Waals surface area contributed by atoms with Crippen molar-refractivity contribution in [2.45, 2.75) is 46.6 Å². The van der Waals surface area contributed by atoms with Crippen molar-refractivity contribution in [3.8, 4) is 11.1 Å². The Kier molecular flexibility index (Phi) is 4.58. The maximum absolute atomic E-state index is 12.8. The summed E-state index contributed by atoms with van der Waals surface area (Å²) >= 11 is 0. The minimum absolute atomic E-state index is 0.0558. The van der Waals surface area contributed by atoms with Crippen LogP contribution in [0.15, 0.2) is 41.2 Å². The van der Waals surface area contributed by atoms with Gasteiger partial charge in [-0.2, -0.15) is 5.10 Å². The number of nitrogens with zero attached hydrogens (tertiary/aromatic N) is 5. The highest BCUT2D eigenvalue weighted by Gasteiger charge is 2.18. The Bertz CT molecular complexity index is 1190. The van der Waals surface area contributed by atoms with Crippen LogP contribution in [-0.4, -0.2) is 29.4 Å². The predicted octanol–water partition coefficient (Wildman–Crippen LogP) is 3.26. The van der Waals surface area contributed by atoms with Crippen LogP contribution in [-0.2, 0) is 12.8 Å². The summed E-state index contributed by atoms with van der Waals surface area (Å²) in [5, 5.41) is 7.68. The summed E-state index contributed by atoms with van der Waals surface area (Å²) in [4.78, 5) is 22.0. The zero-order valence-corrected chi connectivity index (χ0v) is 16.6. The molecule has 0 aliphatic rings. The number of rotatable bonds is 5. The van der Waals surface area contributed by atoms with E-state index in [1.165, 1.54) is 0 Å². The van der Waals surface area contributed by atoms with Crippen LogP contribution >= 0.6 is 0 Å². The molecule has 4 aromatic rings. The first kappa shape index (κ1) is 18.2. The highest BCUT2D eigenvalue weighted by atomic mass is 16.1. The second-order valence-corrected chi connectivity index (χ2v) is 7.13. The Balaban J connectivity index is 1.81. The molecule has 3 heterocycles. The van der Waals surface area contributed by atoms with E-state index in [4.69, 9.17) is 4.98 Å². The van der Waals surface area contributed by atoms with E-state index in [1.54, 1.807) is 10.6 Å². The van der Waals surface area contributed by atoms with E-state index in [0.29, 0.717) is 12.1 Å². The lowest BCUT2D eigenvalue weighted by Crippen LogP contribution is -2.18. The van der Waals surface area contributed by atoms with Gasteiger partial charge in [0.05, 0.1) is 11.7 Å². The van der Waals surface area contributed by atoms with E-state index in [0.717, 1.165) is 40.6 Å². The second-order valence-electron chi connectivity index (χ2n) is 7.13. The Morgan fingerprint density at radius 1 is 1.14 bits per heavy atom. The SMILES string of the molecule is CCc1[nH]n2c(=O)cc(C[C@@H](C)n3nc(C)nc3C)nc2c1-c1ccccc1. The van der Waals surface area contributed by atoms with Gasteiger partial charge in [0.1, 0.15) is 11.6 Å². The molecule has 4 rings (SSSR count). The van der Waals surface area contributed by atoms with Gasteiger partial charge in [-0.1, -0.05) is 37.3 Å². The van der Waals surface area contributed by atoms with Crippen LogP contribution in [0.5, 0.6) is 0 Å². The molecule has 0 amide bonds. The summed E-state index contributed by atoms with van der Waals surface area (Å²) in [6.07, 6.45) is 1.40. The Morgan fingerprint density at radius 3 is 2.54 bits per heavy atom. The Hall–Kier alpha value is -3.22. The number of aromatic nitrogens is 6. The molecule has 0 saturated heterocycles. The van der Waals surface area contributed by atoms with Gasteiger partial charge in [0, 0.05) is 23.7 Å². The fourth-order valence-electron chi connectivity index (χ4n) is 3.74. The molecule has 0 aliphatic heterocycles. The second kappa shape index (κ2) is 7.07. The standard InChI is InChI=1S/C21H24N6O/c1-5-18-20(16-9-7-6-8-10-16)21-23-17(12-19(28)27(21)25-18)11-13(2)26-15(4)22-14(3)24-26/h6-10,12-13,25H,5,11H2,1-4H3/t13-/m1/s1. The van der Waals surface area contributed by atoms with E-state index in [1.807, 2.05) is 48.9 Å². The third kappa shape index (κ3) is 3.13. The quantitative estimate of drug-likeness (QED) is 0.580. The molecule has 7 heteroatoms. The van der Waals surface area contributed by atoms with Crippen LogP contribution in [0.25, 0.3) is 16.8 Å². The van der Waals surface area contributed by atoms with Gasteiger partial charge in [-0.25, -0.2) is 19.2 Å². The average Bonchev–Trinajstić information content (AvgIpc) is 3.22. The molecule has 0 unspecified atom stereocenters. The first-order valence-corrected chi connectivity index (χ1v) is 9.56. The molecular weight excluding hydrogens is 352 g/mol. The molecule has 28 heavy (non-hydrogen) atoms. The first-order chi connectivity index (χ1) is 13.5. The normalized spacial score (nSPS) is 12.6. The summed E-state index contributed by atoms with van der Waals surface area (Å²) in [6, 6.07) is 11.7. The number of aryl methyl sites for hydroxylation is 3. The molecule has 0 spiro atoms. The van der Waals surface area contributed by atoms with Crippen LogP contribution in [0.1, 0.15) is 42.9 Å². The number of fused-ring (bicyclic) bond motifs is 1. The highest BCUT2D eigenvalue weighted by molar-refractivity contribution is 5.79. The van der Waals surface area contributed by atoms with Crippen molar-refractivity contribution in [3.05, 3.63) is 69.8 Å². The van der Waals surface area contributed by atoms with Crippen LogP contribution in [0, 0.1) is 13.8 Å². The smallest absolute Gasteiger partial charge is 0.272 e. The Labute approximate surface area is 163 Å². The predicted molar refractivity (Wildman–Crippen MR) is 109 cm³/mol. The van der Waals surface area contributed by atoms with Gasteiger partial charge in [0.2, 0.25) is 0 Å². The summed E-state index contributed by atoms with van der Waals surface area (Å²) in [6.45, 7) is 7.96. The molecule has 1 N–H and O–H groups in total. The van der Waals surface area contributed by atoms with Crippen LogP contribution in [0.4, 0.5) is 0 Å². The molecule has 0 fully saturated rings. The van der Waals surface area contributed by atoms with Gasteiger partial charge < -0.3 is 0 Å². The number of hydrogen-bond acceptors (Lipinski definition) is 4. The summed E-state index contributed by atoms with van der Waals surface area (Å²) in [5.41, 5.74) is 4.37. The van der Waals surface area contributed by atoms with E-state index < -0.39 is 0 Å². The van der Waals surface area contributed by atoms with Crippen LogP contribution in [0.3, 0.4) is 0 Å². The van der Waals surface area contributed by atoms with Crippen molar-refractivity contribution in [1.29, 1.82) is 0 Å². The van der Waals surface area contributed by atoms with Crippen molar-refractivity contribution in [2.24, 2.45) is 0 Å². The zero-order chi connectivity index (χ0) is 19.8. The molecule has 0 saturated carbocycles. The molecule has 144 valence electrons. The topological polar surface area (TPSA) is 80.9 Å². The average molecular weight is 376 g/mol. The fraction of sp³-hybridized carbons (Fsp3) is 0.333. The molecule has 1 aromatic carbocycles. The lowest BCUT2D eigenvalue weighted by atomic mass is 10.0. The van der Waals surface area contributed by atoms with Gasteiger partial charge in [0.25, 0.3) is 5.56 Å². The van der Waals surface area contributed by atoms with E-state index in [9.17, 15) is 4.79 Å². The fourth-order valence-corrected chi connectivity index (χ4v) is 3.74.